The van der Waals surface area contributed by atoms with Crippen molar-refractivity contribution in [2.24, 2.45) is 0 Å². The van der Waals surface area contributed by atoms with Crippen LogP contribution >= 0.6 is 0 Å². The first-order valence-corrected chi connectivity index (χ1v) is 9.89. The molecule has 1 heterocycles. The predicted octanol–water partition coefficient (Wildman–Crippen LogP) is 5.15. The van der Waals surface area contributed by atoms with E-state index in [9.17, 15) is 35.3 Å². The van der Waals surface area contributed by atoms with E-state index in [-0.39, 0.29) is 11.3 Å². The maximum atomic E-state index is 14.2. The first kappa shape index (κ1) is 25.7. The Kier molecular flexibility index (Phi) is 7.33. The van der Waals surface area contributed by atoms with E-state index < -0.39 is 57.5 Å². The maximum absolute atomic E-state index is 14.2. The molecule has 1 N–H and O–H groups in total. The predicted molar refractivity (Wildman–Crippen MR) is 99.9 cm³/mol. The summed E-state index contributed by atoms with van der Waals surface area (Å²) in [5.74, 6) is -2.60. The highest BCUT2D eigenvalue weighted by Gasteiger charge is 2.38. The van der Waals surface area contributed by atoms with Crippen LogP contribution < -0.4 is 9.46 Å². The number of rotatable bonds is 5. The maximum Gasteiger partial charge on any atom is 0.573 e. The van der Waals surface area contributed by atoms with Crippen molar-refractivity contribution in [1.29, 1.82) is 5.26 Å². The fourth-order valence-electron chi connectivity index (χ4n) is 2.43. The molecule has 0 aliphatic rings. The van der Waals surface area contributed by atoms with E-state index >= 15 is 0 Å². The van der Waals surface area contributed by atoms with Crippen LogP contribution in [0.2, 0.25) is 0 Å². The average molecular weight is 483 g/mol. The highest BCUT2D eigenvalue weighted by atomic mass is 32.2. The van der Waals surface area contributed by atoms with Crippen molar-refractivity contribution in [1.82, 2.24) is 9.71 Å². The number of aromatic nitrogens is 1. The zero-order valence-electron chi connectivity index (χ0n) is 16.7. The molecule has 0 radical (unpaired) electrons. The second-order valence-corrected chi connectivity index (χ2v) is 9.41. The van der Waals surface area contributed by atoms with Crippen molar-refractivity contribution in [3.05, 3.63) is 58.7 Å². The molecular weight excluding hydrogens is 467 g/mol. The molecule has 1 aromatic carbocycles. The Morgan fingerprint density at radius 3 is 2.19 bits per heavy atom. The minimum absolute atomic E-state index is 0.167. The van der Waals surface area contributed by atoms with Crippen LogP contribution in [0.4, 0.5) is 30.7 Å². The van der Waals surface area contributed by atoms with Gasteiger partial charge in [-0.15, -0.1) is 17.9 Å². The lowest BCUT2D eigenvalue weighted by Crippen LogP contribution is -2.42. The van der Waals surface area contributed by atoms with Gasteiger partial charge in [0, 0.05) is 11.4 Å². The molecule has 0 saturated carbocycles. The Morgan fingerprint density at radius 1 is 1.09 bits per heavy atom. The summed E-state index contributed by atoms with van der Waals surface area (Å²) in [5.41, 5.74) is -2.82. The van der Waals surface area contributed by atoms with Crippen LogP contribution in [0.5, 0.6) is 5.75 Å². The summed E-state index contributed by atoms with van der Waals surface area (Å²) in [6.45, 7) is 4.67. The van der Waals surface area contributed by atoms with E-state index in [1.807, 2.05) is 0 Å². The second-order valence-electron chi connectivity index (χ2n) is 7.41. The minimum atomic E-state index is -5.16. The average Bonchev–Trinajstić information content (AvgIpc) is 2.64. The number of alkyl halides is 6. The molecule has 0 saturated heterocycles. The second kappa shape index (κ2) is 9.13. The van der Waals surface area contributed by atoms with Crippen molar-refractivity contribution >= 4 is 11.4 Å². The Bertz CT molecular complexity index is 1010. The molecule has 0 amide bonds. The van der Waals surface area contributed by atoms with Gasteiger partial charge in [0.15, 0.2) is 17.3 Å². The molecule has 1 unspecified atom stereocenters. The van der Waals surface area contributed by atoms with E-state index in [0.717, 1.165) is 18.2 Å². The van der Waals surface area contributed by atoms with Gasteiger partial charge in [-0.1, -0.05) is 6.07 Å². The van der Waals surface area contributed by atoms with Crippen molar-refractivity contribution < 1.29 is 40.0 Å². The van der Waals surface area contributed by atoms with Gasteiger partial charge in [-0.25, -0.2) is 9.37 Å². The summed E-state index contributed by atoms with van der Waals surface area (Å²) in [7, 11) is 0. The first-order valence-electron chi connectivity index (χ1n) is 8.74. The molecule has 174 valence electrons. The lowest BCUT2D eigenvalue weighted by Gasteiger charge is -2.28. The van der Waals surface area contributed by atoms with Crippen molar-refractivity contribution in [3.63, 3.8) is 0 Å². The molecule has 5 nitrogen and oxygen atoms in total. The van der Waals surface area contributed by atoms with Gasteiger partial charge < -0.3 is 9.29 Å². The van der Waals surface area contributed by atoms with Crippen LogP contribution in [0.1, 0.15) is 49.3 Å². The van der Waals surface area contributed by atoms with Crippen LogP contribution in [0.3, 0.4) is 0 Å². The van der Waals surface area contributed by atoms with Crippen LogP contribution in [0.15, 0.2) is 30.3 Å². The molecule has 0 fully saturated rings. The van der Waals surface area contributed by atoms with Crippen molar-refractivity contribution in [3.8, 4) is 11.8 Å². The number of hydrogen-bond donors (Lipinski definition) is 1. The quantitative estimate of drug-likeness (QED) is 0.470. The zero-order chi connectivity index (χ0) is 24.5. The summed E-state index contributed by atoms with van der Waals surface area (Å²) in [6.07, 6.45) is -10.2. The largest absolute Gasteiger partial charge is 0.598 e. The smallest absolute Gasteiger partial charge is 0.573 e. The van der Waals surface area contributed by atoms with Crippen LogP contribution in [-0.2, 0) is 17.5 Å². The number of ether oxygens (including phenoxy) is 1. The molecule has 32 heavy (non-hydrogen) atoms. The van der Waals surface area contributed by atoms with Crippen LogP contribution in [-0.4, -0.2) is 20.6 Å². The normalized spacial score (nSPS) is 14.6. The van der Waals surface area contributed by atoms with Gasteiger partial charge in [-0.05, 0) is 50.6 Å². The fourth-order valence-corrected chi connectivity index (χ4v) is 3.25. The Balaban J connectivity index is 2.60. The molecule has 0 aliphatic carbocycles. The van der Waals surface area contributed by atoms with Crippen LogP contribution in [0, 0.1) is 17.1 Å². The number of pyridine rings is 1. The van der Waals surface area contributed by atoms with E-state index in [4.69, 9.17) is 5.26 Å². The number of nitriles is 1. The SMILES string of the molecule is CC(C)(C)[S+]([O-])N[C@H](c1ccc(OC(F)(F)F)c(F)c1)c1ccc(C#N)c(C(F)(F)F)n1. The number of hydrogen-bond acceptors (Lipinski definition) is 5. The van der Waals surface area contributed by atoms with Crippen LogP contribution in [0.25, 0.3) is 0 Å². The molecule has 2 rings (SSSR count). The zero-order valence-corrected chi connectivity index (χ0v) is 17.5. The van der Waals surface area contributed by atoms with Crippen molar-refractivity contribution in [2.75, 3.05) is 0 Å². The van der Waals surface area contributed by atoms with Gasteiger partial charge >= 0.3 is 12.5 Å². The molecular formula is C19H16F7N3O2S. The fraction of sp³-hybridized carbons (Fsp3) is 0.368. The molecule has 0 spiro atoms. The summed E-state index contributed by atoms with van der Waals surface area (Å²) in [4.78, 5) is 3.46. The van der Waals surface area contributed by atoms with Gasteiger partial charge in [0.1, 0.15) is 16.9 Å². The Hall–Kier alpha value is -2.56. The molecule has 1 aromatic heterocycles. The molecule has 0 bridgehead atoms. The molecule has 13 heteroatoms. The first-order chi connectivity index (χ1) is 14.5. The third-order valence-corrected chi connectivity index (χ3v) is 5.46. The molecule has 2 atom stereocenters. The van der Waals surface area contributed by atoms with Crippen molar-refractivity contribution in [2.45, 2.75) is 44.1 Å². The van der Waals surface area contributed by atoms with E-state index in [1.54, 1.807) is 20.8 Å². The monoisotopic (exact) mass is 483 g/mol. The van der Waals surface area contributed by atoms with Gasteiger partial charge in [0.2, 0.25) is 0 Å². The Morgan fingerprint density at radius 2 is 1.72 bits per heavy atom. The lowest BCUT2D eigenvalue weighted by atomic mass is 10.0. The van der Waals surface area contributed by atoms with Gasteiger partial charge in [0.05, 0.1) is 11.3 Å². The number of nitrogens with one attached hydrogen (secondary N) is 1. The summed E-state index contributed by atoms with van der Waals surface area (Å²) < 4.78 is 109. The van der Waals surface area contributed by atoms with Gasteiger partial charge in [-0.3, -0.25) is 0 Å². The lowest BCUT2D eigenvalue weighted by molar-refractivity contribution is -0.275. The number of nitrogens with zero attached hydrogens (tertiary/aromatic N) is 2. The minimum Gasteiger partial charge on any atom is -0.598 e. The Labute approximate surface area is 181 Å². The summed E-state index contributed by atoms with van der Waals surface area (Å²) in [5, 5.41) is 8.93. The highest BCUT2D eigenvalue weighted by molar-refractivity contribution is 7.90. The molecule has 0 aliphatic heterocycles. The highest BCUT2D eigenvalue weighted by Crippen LogP contribution is 2.34. The van der Waals surface area contributed by atoms with E-state index in [2.05, 4.69) is 14.4 Å². The topological polar surface area (TPSA) is 81.0 Å². The van der Waals surface area contributed by atoms with E-state index in [1.165, 1.54) is 6.07 Å². The van der Waals surface area contributed by atoms with Gasteiger partial charge in [0.25, 0.3) is 0 Å². The third-order valence-electron chi connectivity index (χ3n) is 3.90. The third kappa shape index (κ3) is 6.47. The van der Waals surface area contributed by atoms with Gasteiger partial charge in [-0.2, -0.15) is 18.4 Å². The number of halogens is 7. The summed E-state index contributed by atoms with van der Waals surface area (Å²) in [6, 6.07) is 4.05. The summed E-state index contributed by atoms with van der Waals surface area (Å²) >= 11 is -1.90. The van der Waals surface area contributed by atoms with E-state index in [0.29, 0.717) is 12.1 Å². The standard InChI is InChI=1S/C19H16F7N3O2S/c1-17(2,3)32(30)29-15(10-5-7-14(12(20)8-10)31-19(24,25)26)13-6-4-11(9-27)16(28-13)18(21,22)23/h4-8,15,29H,1-3H3/t15-,32?/m1/s1. The molecule has 2 aromatic rings. The number of benzene rings is 1.